The van der Waals surface area contributed by atoms with Crippen LogP contribution in [0.5, 0.6) is 0 Å². The Morgan fingerprint density at radius 2 is 1.42 bits per heavy atom. The van der Waals surface area contributed by atoms with E-state index in [-0.39, 0.29) is 11.7 Å². The van der Waals surface area contributed by atoms with Crippen LogP contribution in [0, 0.1) is 5.92 Å². The first-order chi connectivity index (χ1) is 12.3. The lowest BCUT2D eigenvalue weighted by atomic mass is 9.79. The normalized spacial score (nSPS) is 23.0. The number of benzene rings is 2. The van der Waals surface area contributed by atoms with Gasteiger partial charge in [-0.2, -0.15) is 0 Å². The number of carbonyl (C=O) groups is 1. The van der Waals surface area contributed by atoms with Gasteiger partial charge in [-0.05, 0) is 47.8 Å². The summed E-state index contributed by atoms with van der Waals surface area (Å²) < 4.78 is 0. The molecule has 0 bridgehead atoms. The number of carbonyl (C=O) groups excluding carboxylic acids is 1. The van der Waals surface area contributed by atoms with Crippen molar-refractivity contribution >= 4 is 5.78 Å². The molecule has 0 saturated heterocycles. The summed E-state index contributed by atoms with van der Waals surface area (Å²) in [7, 11) is 0. The topological polar surface area (TPSA) is 37.3 Å². The summed E-state index contributed by atoms with van der Waals surface area (Å²) in [5, 5.41) is 11.4. The molecule has 1 aliphatic rings. The van der Waals surface area contributed by atoms with Crippen LogP contribution in [0.25, 0.3) is 0 Å². The molecule has 138 valence electrons. The molecule has 2 aromatic rings. The van der Waals surface area contributed by atoms with Gasteiger partial charge in [0.1, 0.15) is 0 Å². The van der Waals surface area contributed by atoms with Gasteiger partial charge < -0.3 is 5.11 Å². The second-order valence-electron chi connectivity index (χ2n) is 8.29. The third-order valence-electron chi connectivity index (χ3n) is 5.88. The lowest BCUT2D eigenvalue weighted by Gasteiger charge is -2.30. The Balaban J connectivity index is 1.87. The molecule has 0 radical (unpaired) electrons. The van der Waals surface area contributed by atoms with E-state index in [1.807, 2.05) is 36.4 Å². The average Bonchev–Trinajstić information content (AvgIpc) is 3.04. The van der Waals surface area contributed by atoms with E-state index >= 15 is 0 Å². The zero-order valence-electron chi connectivity index (χ0n) is 16.3. The van der Waals surface area contributed by atoms with Crippen LogP contribution in [0.15, 0.2) is 48.5 Å². The fraction of sp³-hybridized carbons (Fsp3) is 0.458. The molecule has 0 unspecified atom stereocenters. The molecule has 3 rings (SSSR count). The predicted octanol–water partition coefficient (Wildman–Crippen LogP) is 5.80. The van der Waals surface area contributed by atoms with Gasteiger partial charge in [0.25, 0.3) is 0 Å². The highest BCUT2D eigenvalue weighted by Crippen LogP contribution is 2.45. The first-order valence-electron chi connectivity index (χ1n) is 9.80. The molecule has 2 atom stereocenters. The van der Waals surface area contributed by atoms with Gasteiger partial charge in [-0.15, -0.1) is 0 Å². The van der Waals surface area contributed by atoms with Gasteiger partial charge in [0, 0.05) is 5.56 Å². The molecule has 0 spiro atoms. The fourth-order valence-corrected chi connectivity index (χ4v) is 4.07. The first-order valence-corrected chi connectivity index (χ1v) is 9.80. The van der Waals surface area contributed by atoms with Crippen LogP contribution in [-0.4, -0.2) is 10.9 Å². The molecule has 2 heteroatoms. The van der Waals surface area contributed by atoms with Crippen LogP contribution in [0.3, 0.4) is 0 Å². The maximum absolute atomic E-state index is 13.1. The number of ketones is 1. The van der Waals surface area contributed by atoms with Crippen LogP contribution in [0.1, 0.15) is 85.8 Å². The Hall–Kier alpha value is -1.93. The zero-order chi connectivity index (χ0) is 18.9. The van der Waals surface area contributed by atoms with Crippen LogP contribution < -0.4 is 0 Å². The van der Waals surface area contributed by atoms with Crippen molar-refractivity contribution in [1.82, 2.24) is 0 Å². The van der Waals surface area contributed by atoms with Crippen molar-refractivity contribution in [2.75, 3.05) is 0 Å². The van der Waals surface area contributed by atoms with E-state index in [0.29, 0.717) is 23.8 Å². The molecule has 0 aromatic heterocycles. The van der Waals surface area contributed by atoms with E-state index in [2.05, 4.69) is 39.8 Å². The molecule has 1 aliphatic carbocycles. The summed E-state index contributed by atoms with van der Waals surface area (Å²) in [6.45, 7) is 8.61. The number of hydrogen-bond acceptors (Lipinski definition) is 2. The van der Waals surface area contributed by atoms with Gasteiger partial charge in [0.2, 0.25) is 0 Å². The van der Waals surface area contributed by atoms with E-state index in [9.17, 15) is 9.90 Å². The zero-order valence-corrected chi connectivity index (χ0v) is 16.3. The number of Topliss-reactive ketones (excluding diaryl/α,β-unsaturated/α-hetero) is 1. The molecule has 26 heavy (non-hydrogen) atoms. The van der Waals surface area contributed by atoms with Crippen LogP contribution in [0.4, 0.5) is 0 Å². The van der Waals surface area contributed by atoms with Gasteiger partial charge in [-0.3, -0.25) is 4.79 Å². The quantitative estimate of drug-likeness (QED) is 0.692. The largest absolute Gasteiger partial charge is 0.384 e. The van der Waals surface area contributed by atoms with Crippen molar-refractivity contribution in [2.45, 2.75) is 64.4 Å². The molecule has 0 heterocycles. The van der Waals surface area contributed by atoms with Crippen LogP contribution in [0.2, 0.25) is 0 Å². The van der Waals surface area contributed by atoms with E-state index in [1.54, 1.807) is 0 Å². The van der Waals surface area contributed by atoms with Gasteiger partial charge in [0.15, 0.2) is 5.78 Å². The summed E-state index contributed by atoms with van der Waals surface area (Å²) >= 11 is 0. The number of aliphatic hydroxyl groups is 1. The highest BCUT2D eigenvalue weighted by atomic mass is 16.3. The van der Waals surface area contributed by atoms with E-state index < -0.39 is 5.60 Å². The molecule has 1 N–H and O–H groups in total. The van der Waals surface area contributed by atoms with Crippen LogP contribution >= 0.6 is 0 Å². The Kier molecular flexibility index (Phi) is 5.34. The number of hydrogen-bond donors (Lipinski definition) is 1. The summed E-state index contributed by atoms with van der Waals surface area (Å²) in [4.78, 5) is 13.1. The smallest absolute Gasteiger partial charge is 0.169 e. The van der Waals surface area contributed by atoms with Gasteiger partial charge in [0.05, 0.1) is 11.5 Å². The van der Waals surface area contributed by atoms with Gasteiger partial charge in [-0.1, -0.05) is 76.2 Å². The highest BCUT2D eigenvalue weighted by Gasteiger charge is 2.46. The molecule has 0 aliphatic heterocycles. The maximum Gasteiger partial charge on any atom is 0.169 e. The molecular formula is C24H30O2. The van der Waals surface area contributed by atoms with E-state index in [1.165, 1.54) is 11.1 Å². The van der Waals surface area contributed by atoms with Crippen molar-refractivity contribution < 1.29 is 9.90 Å². The van der Waals surface area contributed by atoms with E-state index in [0.717, 1.165) is 18.4 Å². The second-order valence-corrected chi connectivity index (χ2v) is 8.29. The Morgan fingerprint density at radius 1 is 0.923 bits per heavy atom. The Morgan fingerprint density at radius 3 is 1.92 bits per heavy atom. The monoisotopic (exact) mass is 350 g/mol. The van der Waals surface area contributed by atoms with Crippen molar-refractivity contribution in [3.8, 4) is 0 Å². The lowest BCUT2D eigenvalue weighted by molar-refractivity contribution is 0.00310. The molecule has 2 aromatic carbocycles. The molecule has 2 nitrogen and oxygen atoms in total. The SMILES string of the molecule is CC(C)c1ccc(C(=O)[C@@H]2CCC[C@@]2(O)c2ccc(C(C)C)cc2)cc1. The fourth-order valence-electron chi connectivity index (χ4n) is 4.07. The first kappa shape index (κ1) is 18.8. The molecule has 0 amide bonds. The molecular weight excluding hydrogens is 320 g/mol. The third-order valence-corrected chi connectivity index (χ3v) is 5.88. The minimum atomic E-state index is -1.05. The van der Waals surface area contributed by atoms with Crippen molar-refractivity contribution in [2.24, 2.45) is 5.92 Å². The molecule has 1 fully saturated rings. The van der Waals surface area contributed by atoms with Crippen molar-refractivity contribution in [3.05, 3.63) is 70.8 Å². The summed E-state index contributed by atoms with van der Waals surface area (Å²) in [6, 6.07) is 16.1. The summed E-state index contributed by atoms with van der Waals surface area (Å²) in [5.74, 6) is 0.603. The van der Waals surface area contributed by atoms with Gasteiger partial charge >= 0.3 is 0 Å². The lowest BCUT2D eigenvalue weighted by Crippen LogP contribution is -2.35. The Labute approximate surface area is 157 Å². The maximum atomic E-state index is 13.1. The van der Waals surface area contributed by atoms with Crippen LogP contribution in [-0.2, 0) is 5.60 Å². The minimum Gasteiger partial charge on any atom is -0.384 e. The molecule has 1 saturated carbocycles. The van der Waals surface area contributed by atoms with Crippen molar-refractivity contribution in [1.29, 1.82) is 0 Å². The average molecular weight is 351 g/mol. The predicted molar refractivity (Wildman–Crippen MR) is 107 cm³/mol. The summed E-state index contributed by atoms with van der Waals surface area (Å²) in [5.41, 5.74) is 3.01. The third kappa shape index (κ3) is 3.48. The highest BCUT2D eigenvalue weighted by molar-refractivity contribution is 5.99. The van der Waals surface area contributed by atoms with E-state index in [4.69, 9.17) is 0 Å². The minimum absolute atomic E-state index is 0.0632. The summed E-state index contributed by atoms with van der Waals surface area (Å²) in [6.07, 6.45) is 2.27. The van der Waals surface area contributed by atoms with Crippen molar-refractivity contribution in [3.63, 3.8) is 0 Å². The standard InChI is InChI=1S/C24H30O2/c1-16(2)18-7-9-20(10-8-18)23(25)22-6-5-15-24(22,26)21-13-11-19(12-14-21)17(3)4/h7-14,16-17,22,26H,5-6,15H2,1-4H3/t22-,24+/m0/s1. The van der Waals surface area contributed by atoms with Gasteiger partial charge in [-0.25, -0.2) is 0 Å². The number of rotatable bonds is 5. The second kappa shape index (κ2) is 7.36. The Bertz CT molecular complexity index is 756.